The molecule has 10 nitrogen and oxygen atoms in total. The minimum Gasteiger partial charge on any atom is -0.493 e. The Kier molecular flexibility index (Phi) is 8.05. The number of nitrogens with one attached hydrogen (secondary N) is 3. The smallest absolute Gasteiger partial charge is 0.324 e. The first-order valence-corrected chi connectivity index (χ1v) is 13.3. The lowest BCUT2D eigenvalue weighted by molar-refractivity contribution is 0.262. The first kappa shape index (κ1) is 28.2. The molecule has 3 N–H and O–H groups in total. The average molecular weight is 565 g/mol. The Morgan fingerprint density at radius 2 is 1.57 bits per heavy atom. The third-order valence-electron chi connectivity index (χ3n) is 6.37. The van der Waals surface area contributed by atoms with Crippen molar-refractivity contribution in [3.63, 3.8) is 0 Å². The maximum Gasteiger partial charge on any atom is 0.324 e. The summed E-state index contributed by atoms with van der Waals surface area (Å²) in [4.78, 5) is 29.4. The van der Waals surface area contributed by atoms with Crippen LogP contribution in [0.3, 0.4) is 0 Å². The summed E-state index contributed by atoms with van der Waals surface area (Å²) in [6.07, 6.45) is 8.90. The molecule has 5 rings (SSSR count). The lowest BCUT2D eigenvalue weighted by Gasteiger charge is -2.14. The van der Waals surface area contributed by atoms with Gasteiger partial charge in [0.15, 0.2) is 11.5 Å². The third kappa shape index (κ3) is 6.49. The van der Waals surface area contributed by atoms with Gasteiger partial charge in [-0.3, -0.25) is 15.3 Å². The Bertz CT molecular complexity index is 1720. The van der Waals surface area contributed by atoms with Gasteiger partial charge in [-0.25, -0.2) is 9.78 Å². The van der Waals surface area contributed by atoms with E-state index < -0.39 is 6.03 Å². The molecule has 2 aromatic carbocycles. The van der Waals surface area contributed by atoms with Crippen LogP contribution in [0.25, 0.3) is 23.1 Å². The number of aromatic amines is 1. The second kappa shape index (κ2) is 12.0. The minimum absolute atomic E-state index is 0.233. The molecule has 0 aliphatic heterocycles. The van der Waals surface area contributed by atoms with Crippen LogP contribution in [0.4, 0.5) is 16.3 Å². The number of carbonyl (C=O) groups is 1. The van der Waals surface area contributed by atoms with Gasteiger partial charge in [0.05, 0.1) is 19.7 Å². The summed E-state index contributed by atoms with van der Waals surface area (Å²) in [6.45, 7) is 6.16. The number of imidazole rings is 1. The van der Waals surface area contributed by atoms with Crippen LogP contribution in [0, 0.1) is 0 Å². The molecule has 0 spiro atoms. The van der Waals surface area contributed by atoms with E-state index in [4.69, 9.17) is 19.2 Å². The molecule has 3 heterocycles. The Morgan fingerprint density at radius 1 is 0.857 bits per heavy atom. The van der Waals surface area contributed by atoms with Gasteiger partial charge in [0.2, 0.25) is 0 Å². The molecule has 0 bridgehead atoms. The second-order valence-corrected chi connectivity index (χ2v) is 10.4. The van der Waals surface area contributed by atoms with E-state index >= 15 is 0 Å². The normalized spacial score (nSPS) is 11.5. The van der Waals surface area contributed by atoms with Crippen molar-refractivity contribution in [2.24, 2.45) is 0 Å². The van der Waals surface area contributed by atoms with Crippen LogP contribution in [-0.4, -0.2) is 40.2 Å². The van der Waals surface area contributed by atoms with Crippen molar-refractivity contribution in [3.05, 3.63) is 90.3 Å². The highest BCUT2D eigenvalue weighted by Gasteiger charge is 2.21. The van der Waals surface area contributed by atoms with Crippen molar-refractivity contribution in [1.82, 2.24) is 19.9 Å². The summed E-state index contributed by atoms with van der Waals surface area (Å²) in [5.74, 6) is 3.63. The van der Waals surface area contributed by atoms with Crippen LogP contribution >= 0.6 is 0 Å². The zero-order chi connectivity index (χ0) is 29.7. The summed E-state index contributed by atoms with van der Waals surface area (Å²) in [5, 5.41) is 6.53. The fourth-order valence-corrected chi connectivity index (χ4v) is 4.15. The number of urea groups is 1. The van der Waals surface area contributed by atoms with Crippen LogP contribution in [0.5, 0.6) is 23.0 Å². The van der Waals surface area contributed by atoms with Gasteiger partial charge in [-0.15, -0.1) is 0 Å². The van der Waals surface area contributed by atoms with E-state index in [1.165, 1.54) is 0 Å². The number of amides is 2. The van der Waals surface area contributed by atoms with Crippen LogP contribution < -0.4 is 24.8 Å². The first-order valence-electron chi connectivity index (χ1n) is 13.3. The van der Waals surface area contributed by atoms with Gasteiger partial charge in [-0.1, -0.05) is 26.8 Å². The average Bonchev–Trinajstić information content (AvgIpc) is 3.40. The molecule has 0 aliphatic carbocycles. The zero-order valence-corrected chi connectivity index (χ0v) is 24.1. The maximum atomic E-state index is 12.9. The number of hydrogen-bond acceptors (Lipinski definition) is 7. The summed E-state index contributed by atoms with van der Waals surface area (Å²) in [7, 11) is 3.16. The van der Waals surface area contributed by atoms with Crippen LogP contribution in [0.2, 0.25) is 0 Å². The summed E-state index contributed by atoms with van der Waals surface area (Å²) in [6, 6.07) is 15.9. The topological polar surface area (TPSA) is 123 Å². The van der Waals surface area contributed by atoms with Crippen molar-refractivity contribution in [2.75, 3.05) is 24.9 Å². The van der Waals surface area contributed by atoms with Crippen molar-refractivity contribution in [1.29, 1.82) is 0 Å². The van der Waals surface area contributed by atoms with Gasteiger partial charge < -0.3 is 24.5 Å². The number of fused-ring (bicyclic) bond motifs is 1. The number of benzene rings is 2. The Labute approximate surface area is 243 Å². The van der Waals surface area contributed by atoms with Gasteiger partial charge in [0, 0.05) is 41.1 Å². The Balaban J connectivity index is 1.29. The number of hydrogen-bond donors (Lipinski definition) is 3. The largest absolute Gasteiger partial charge is 0.493 e. The van der Waals surface area contributed by atoms with Crippen molar-refractivity contribution in [3.8, 4) is 23.0 Å². The Morgan fingerprint density at radius 3 is 2.26 bits per heavy atom. The lowest BCUT2D eigenvalue weighted by atomic mass is 9.96. The maximum absolute atomic E-state index is 12.9. The molecule has 10 heteroatoms. The number of aromatic nitrogens is 4. The Hall–Kier alpha value is -5.38. The van der Waals surface area contributed by atoms with Gasteiger partial charge in [0.1, 0.15) is 28.8 Å². The monoisotopic (exact) mass is 564 g/mol. The van der Waals surface area contributed by atoms with Crippen molar-refractivity contribution < 1.29 is 19.0 Å². The van der Waals surface area contributed by atoms with Crippen molar-refractivity contribution in [2.45, 2.75) is 26.2 Å². The van der Waals surface area contributed by atoms with Gasteiger partial charge in [0.25, 0.3) is 0 Å². The fraction of sp³-hybridized carbons (Fsp3) is 0.188. The highest BCUT2D eigenvalue weighted by atomic mass is 16.5. The SMILES string of the molecule is COc1cc2nccc(Oc3ccc(NC(=O)Nc4[nH]c(C(C)(C)C)nc4/C=C/c4ccncc4)cc3)c2cc1OC. The van der Waals surface area contributed by atoms with Gasteiger partial charge in [-0.05, 0) is 60.2 Å². The van der Waals surface area contributed by atoms with E-state index in [-0.39, 0.29) is 5.41 Å². The summed E-state index contributed by atoms with van der Waals surface area (Å²) in [5.41, 5.74) is 2.66. The lowest BCUT2D eigenvalue weighted by Crippen LogP contribution is -2.20. The predicted octanol–water partition coefficient (Wildman–Crippen LogP) is 7.27. The number of methoxy groups -OCH3 is 2. The molecular weight excluding hydrogens is 532 g/mol. The number of anilines is 2. The fourth-order valence-electron chi connectivity index (χ4n) is 4.15. The highest BCUT2D eigenvalue weighted by Crippen LogP contribution is 2.37. The van der Waals surface area contributed by atoms with Crippen LogP contribution in [-0.2, 0) is 5.41 Å². The first-order chi connectivity index (χ1) is 20.2. The molecule has 0 fully saturated rings. The molecule has 0 atom stereocenters. The second-order valence-electron chi connectivity index (χ2n) is 10.4. The number of nitrogens with zero attached hydrogens (tertiary/aromatic N) is 3. The minimum atomic E-state index is -0.410. The summed E-state index contributed by atoms with van der Waals surface area (Å²) < 4.78 is 17.0. The van der Waals surface area contributed by atoms with E-state index in [9.17, 15) is 4.79 Å². The standard InChI is InChI=1S/C32H32N6O4/c1-32(2,3)30-36-24(11-6-20-12-15-33-16-13-20)29(37-30)38-31(39)35-21-7-9-22(10-8-21)42-26-14-17-34-25-19-28(41-5)27(40-4)18-23(25)26/h6-19H,1-5H3,(H,36,37)(H2,35,38,39)/b11-6+. The molecule has 0 saturated carbocycles. The van der Waals surface area contributed by atoms with Crippen LogP contribution in [0.1, 0.15) is 37.9 Å². The number of carbonyl (C=O) groups excluding carboxylic acids is 1. The van der Waals surface area contributed by atoms with E-state index in [1.54, 1.807) is 69.2 Å². The zero-order valence-electron chi connectivity index (χ0n) is 24.1. The van der Waals surface area contributed by atoms with E-state index in [2.05, 4.69) is 46.4 Å². The number of rotatable bonds is 8. The molecule has 3 aromatic heterocycles. The molecule has 0 radical (unpaired) electrons. The predicted molar refractivity (Wildman–Crippen MR) is 164 cm³/mol. The van der Waals surface area contributed by atoms with Crippen LogP contribution in [0.15, 0.2) is 73.2 Å². The molecule has 214 valence electrons. The molecule has 2 amide bonds. The molecule has 0 aliphatic rings. The number of H-pyrrole nitrogens is 1. The highest BCUT2D eigenvalue weighted by molar-refractivity contribution is 6.00. The van der Waals surface area contributed by atoms with Crippen molar-refractivity contribution >= 4 is 40.6 Å². The summed E-state index contributed by atoms with van der Waals surface area (Å²) >= 11 is 0. The third-order valence-corrected chi connectivity index (χ3v) is 6.37. The van der Waals surface area contributed by atoms with E-state index in [0.29, 0.717) is 45.7 Å². The molecule has 0 unspecified atom stereocenters. The molecule has 42 heavy (non-hydrogen) atoms. The van der Waals surface area contributed by atoms with E-state index in [1.807, 2.05) is 30.4 Å². The molecular formula is C32H32N6O4. The number of pyridine rings is 2. The van der Waals surface area contributed by atoms with Gasteiger partial charge >= 0.3 is 6.03 Å². The van der Waals surface area contributed by atoms with E-state index in [0.717, 1.165) is 16.8 Å². The number of ether oxygens (including phenoxy) is 3. The molecule has 5 aromatic rings. The quantitative estimate of drug-likeness (QED) is 0.181. The van der Waals surface area contributed by atoms with Gasteiger partial charge in [-0.2, -0.15) is 0 Å². The molecule has 0 saturated heterocycles.